The first-order chi connectivity index (χ1) is 12.2. The number of anilines is 1. The Morgan fingerprint density at radius 3 is 2.58 bits per heavy atom. The first kappa shape index (κ1) is 20.3. The summed E-state index contributed by atoms with van der Waals surface area (Å²) in [4.78, 5) is 11.3. The number of sulfonamides is 1. The summed E-state index contributed by atoms with van der Waals surface area (Å²) in [6.45, 7) is 1.75. The highest BCUT2D eigenvalue weighted by Crippen LogP contribution is 2.20. The monoisotopic (exact) mass is 402 g/mol. The van der Waals surface area contributed by atoms with Gasteiger partial charge in [0.15, 0.2) is 0 Å². The van der Waals surface area contributed by atoms with Crippen LogP contribution in [0.4, 0.5) is 14.5 Å². The zero-order chi connectivity index (χ0) is 19.3. The van der Waals surface area contributed by atoms with Crippen molar-refractivity contribution in [2.45, 2.75) is 24.7 Å². The van der Waals surface area contributed by atoms with Crippen LogP contribution >= 0.6 is 11.6 Å². The Morgan fingerprint density at radius 2 is 1.88 bits per heavy atom. The van der Waals surface area contributed by atoms with Crippen LogP contribution in [0.2, 0.25) is 5.02 Å². The molecule has 0 saturated carbocycles. The van der Waals surface area contributed by atoms with Gasteiger partial charge < -0.3 is 5.32 Å². The van der Waals surface area contributed by atoms with E-state index in [4.69, 9.17) is 11.6 Å². The van der Waals surface area contributed by atoms with Gasteiger partial charge >= 0.3 is 0 Å². The van der Waals surface area contributed by atoms with E-state index in [-0.39, 0.29) is 25.3 Å². The van der Waals surface area contributed by atoms with Gasteiger partial charge in [0.1, 0.15) is 16.5 Å². The molecule has 0 aromatic heterocycles. The third-order valence-electron chi connectivity index (χ3n) is 3.53. The summed E-state index contributed by atoms with van der Waals surface area (Å²) in [5.74, 6) is -2.34. The molecule has 9 heteroatoms. The summed E-state index contributed by atoms with van der Waals surface area (Å²) in [5, 5.41) is 3.18. The molecule has 26 heavy (non-hydrogen) atoms. The summed E-state index contributed by atoms with van der Waals surface area (Å²) in [7, 11) is -4.12. The van der Waals surface area contributed by atoms with E-state index in [2.05, 4.69) is 10.0 Å². The van der Waals surface area contributed by atoms with Gasteiger partial charge in [-0.3, -0.25) is 4.79 Å². The molecule has 0 atom stereocenters. The molecule has 2 N–H and O–H groups in total. The first-order valence-electron chi connectivity index (χ1n) is 7.70. The Morgan fingerprint density at radius 1 is 1.15 bits per heavy atom. The van der Waals surface area contributed by atoms with Gasteiger partial charge in [-0.05, 0) is 43.2 Å². The minimum absolute atomic E-state index is 0.0559. The highest BCUT2D eigenvalue weighted by molar-refractivity contribution is 7.89. The highest BCUT2D eigenvalue weighted by Gasteiger charge is 2.19. The topological polar surface area (TPSA) is 75.3 Å². The van der Waals surface area contributed by atoms with Crippen molar-refractivity contribution in [3.05, 3.63) is 58.6 Å². The molecule has 0 aliphatic rings. The number of halogens is 3. The van der Waals surface area contributed by atoms with Crippen LogP contribution in [0.15, 0.2) is 41.3 Å². The Hall–Kier alpha value is -2.03. The second-order valence-corrected chi connectivity index (χ2v) is 7.76. The molecule has 2 aromatic rings. The van der Waals surface area contributed by atoms with Crippen molar-refractivity contribution in [1.82, 2.24) is 4.72 Å². The van der Waals surface area contributed by atoms with Crippen molar-refractivity contribution in [2.24, 2.45) is 0 Å². The zero-order valence-electron chi connectivity index (χ0n) is 13.9. The lowest BCUT2D eigenvalue weighted by Gasteiger charge is -2.10. The van der Waals surface area contributed by atoms with Gasteiger partial charge in [-0.1, -0.05) is 17.7 Å². The minimum Gasteiger partial charge on any atom is -0.326 e. The summed E-state index contributed by atoms with van der Waals surface area (Å²) < 4.78 is 52.6. The van der Waals surface area contributed by atoms with E-state index in [0.29, 0.717) is 16.8 Å². The third-order valence-corrected chi connectivity index (χ3v) is 5.26. The van der Waals surface area contributed by atoms with Crippen molar-refractivity contribution in [2.75, 3.05) is 11.9 Å². The van der Waals surface area contributed by atoms with Gasteiger partial charge in [-0.15, -0.1) is 0 Å². The molecule has 0 radical (unpaired) electrons. The molecule has 2 aromatic carbocycles. The molecule has 5 nitrogen and oxygen atoms in total. The van der Waals surface area contributed by atoms with Gasteiger partial charge in [-0.25, -0.2) is 21.9 Å². The lowest BCUT2D eigenvalue weighted by molar-refractivity contribution is -0.116. The molecule has 0 unspecified atom stereocenters. The number of rotatable bonds is 7. The van der Waals surface area contributed by atoms with Crippen LogP contribution in [0.5, 0.6) is 0 Å². The fourth-order valence-electron chi connectivity index (χ4n) is 2.17. The number of amides is 1. The van der Waals surface area contributed by atoms with Gasteiger partial charge in [-0.2, -0.15) is 0 Å². The van der Waals surface area contributed by atoms with Gasteiger partial charge in [0.05, 0.1) is 0 Å². The maximum Gasteiger partial charge on any atom is 0.243 e. The number of carbonyl (C=O) groups excluding carboxylic acids is 1. The van der Waals surface area contributed by atoms with Crippen LogP contribution in [0.1, 0.15) is 18.4 Å². The van der Waals surface area contributed by atoms with E-state index in [1.807, 2.05) is 6.92 Å². The lowest BCUT2D eigenvalue weighted by Crippen LogP contribution is -2.26. The normalized spacial score (nSPS) is 11.4. The van der Waals surface area contributed by atoms with Crippen LogP contribution in [-0.4, -0.2) is 20.9 Å². The quantitative estimate of drug-likeness (QED) is 0.694. The Labute approximate surface area is 155 Å². The molecule has 0 spiro atoms. The van der Waals surface area contributed by atoms with Crippen molar-refractivity contribution < 1.29 is 22.0 Å². The second kappa shape index (κ2) is 8.57. The van der Waals surface area contributed by atoms with E-state index in [9.17, 15) is 22.0 Å². The molecular weight excluding hydrogens is 386 g/mol. The number of hydrogen-bond acceptors (Lipinski definition) is 3. The van der Waals surface area contributed by atoms with Gasteiger partial charge in [0.25, 0.3) is 0 Å². The Bertz CT molecular complexity index is 920. The summed E-state index contributed by atoms with van der Waals surface area (Å²) in [5.41, 5.74) is 1.42. The lowest BCUT2D eigenvalue weighted by atomic mass is 10.2. The van der Waals surface area contributed by atoms with Crippen molar-refractivity contribution in [3.8, 4) is 0 Å². The molecule has 0 saturated heterocycles. The summed E-state index contributed by atoms with van der Waals surface area (Å²) in [6.07, 6.45) is 0.258. The van der Waals surface area contributed by atoms with Crippen LogP contribution in [0.25, 0.3) is 0 Å². The molecular formula is C17H17ClF2N2O3S. The maximum absolute atomic E-state index is 13.6. The molecule has 0 aliphatic carbocycles. The molecule has 0 fully saturated rings. The standard InChI is InChI=1S/C17H17ClF2N2O3S/c1-11-4-5-12(18)9-15(11)22-17(23)3-2-8-21-26(24,25)16-7-6-13(19)10-14(16)20/h4-7,9-10,21H,2-3,8H2,1H3,(H,22,23). The van der Waals surface area contributed by atoms with Crippen LogP contribution in [0.3, 0.4) is 0 Å². The number of hydrogen-bond donors (Lipinski definition) is 2. The predicted molar refractivity (Wildman–Crippen MR) is 95.6 cm³/mol. The smallest absolute Gasteiger partial charge is 0.243 e. The Kier molecular flexibility index (Phi) is 6.69. The number of carbonyl (C=O) groups is 1. The van der Waals surface area contributed by atoms with E-state index in [1.54, 1.807) is 18.2 Å². The largest absolute Gasteiger partial charge is 0.326 e. The van der Waals surface area contributed by atoms with E-state index in [0.717, 1.165) is 17.7 Å². The first-order valence-corrected chi connectivity index (χ1v) is 9.56. The van der Waals surface area contributed by atoms with Gasteiger partial charge in [0, 0.05) is 29.7 Å². The number of nitrogens with one attached hydrogen (secondary N) is 2. The van der Waals surface area contributed by atoms with E-state index in [1.165, 1.54) is 0 Å². The second-order valence-electron chi connectivity index (χ2n) is 5.58. The van der Waals surface area contributed by atoms with Crippen LogP contribution in [0, 0.1) is 18.6 Å². The van der Waals surface area contributed by atoms with Crippen LogP contribution in [-0.2, 0) is 14.8 Å². The average Bonchev–Trinajstić information content (AvgIpc) is 2.54. The molecule has 2 rings (SSSR count). The van der Waals surface area contributed by atoms with Crippen molar-refractivity contribution >= 4 is 33.2 Å². The fraction of sp³-hybridized carbons (Fsp3) is 0.235. The summed E-state index contributed by atoms with van der Waals surface area (Å²) >= 11 is 5.88. The number of aryl methyl sites for hydroxylation is 1. The van der Waals surface area contributed by atoms with Crippen molar-refractivity contribution in [1.29, 1.82) is 0 Å². The predicted octanol–water partition coefficient (Wildman–Crippen LogP) is 3.62. The molecule has 0 aliphatic heterocycles. The maximum atomic E-state index is 13.6. The highest BCUT2D eigenvalue weighted by atomic mass is 35.5. The van der Waals surface area contributed by atoms with Crippen LogP contribution < -0.4 is 10.0 Å². The molecule has 0 bridgehead atoms. The third kappa shape index (κ3) is 5.48. The zero-order valence-corrected chi connectivity index (χ0v) is 15.4. The van der Waals surface area contributed by atoms with Gasteiger partial charge in [0.2, 0.25) is 15.9 Å². The molecule has 140 valence electrons. The fourth-order valence-corrected chi connectivity index (χ4v) is 3.47. The minimum atomic E-state index is -4.12. The SMILES string of the molecule is Cc1ccc(Cl)cc1NC(=O)CCCNS(=O)(=O)c1ccc(F)cc1F. The molecule has 1 amide bonds. The summed E-state index contributed by atoms with van der Waals surface area (Å²) in [6, 6.07) is 7.30. The van der Waals surface area contributed by atoms with Crippen molar-refractivity contribution in [3.63, 3.8) is 0 Å². The Balaban J connectivity index is 1.86. The van der Waals surface area contributed by atoms with E-state index < -0.39 is 26.6 Å². The average molecular weight is 403 g/mol. The molecule has 0 heterocycles. The van der Waals surface area contributed by atoms with E-state index >= 15 is 0 Å². The number of benzene rings is 2.